The molecular weight excluding hydrogens is 566 g/mol. The molecule has 2 heterocycles. The van der Waals surface area contributed by atoms with Gasteiger partial charge in [0.05, 0.1) is 20.9 Å². The van der Waals surface area contributed by atoms with Crippen LogP contribution in [0.4, 0.5) is 14.5 Å². The zero-order chi connectivity index (χ0) is 27.1. The largest absolute Gasteiger partial charge is 0.472 e. The molecule has 1 aliphatic rings. The number of ether oxygens (including phenoxy) is 1. The van der Waals surface area contributed by atoms with Crippen molar-refractivity contribution in [2.24, 2.45) is 4.99 Å². The normalized spacial score (nSPS) is 15.9. The monoisotopic (exact) mass is 590 g/mol. The molecule has 194 valence electrons. The fourth-order valence-corrected chi connectivity index (χ4v) is 4.47. The first-order valence-corrected chi connectivity index (χ1v) is 12.7. The second kappa shape index (κ2) is 10.5. The van der Waals surface area contributed by atoms with Gasteiger partial charge in [-0.2, -0.15) is 0 Å². The van der Waals surface area contributed by atoms with E-state index in [2.05, 4.69) is 30.9 Å². The fraction of sp³-hybridized carbons (Fsp3) is 0.296. The summed E-state index contributed by atoms with van der Waals surface area (Å²) in [7, 11) is 0. The number of halogens is 4. The smallest absolute Gasteiger partial charge is 0.227 e. The number of hydrogen-bond acceptors (Lipinski definition) is 6. The molecule has 0 aliphatic carbocycles. The summed E-state index contributed by atoms with van der Waals surface area (Å²) in [6.45, 7) is 8.50. The summed E-state index contributed by atoms with van der Waals surface area (Å²) in [4.78, 5) is 15.3. The first-order valence-electron chi connectivity index (χ1n) is 11.5. The lowest BCUT2D eigenvalue weighted by Gasteiger charge is -2.31. The standard InChI is InChI=1S/C27H26BrClF2N4O2/c1-14-8-18(22(31)10-21(14)30)13-37-25-19(28)12-35(16(3)33-25)23-9-17(6-7-20(23)29)24-15(2)11-32-26(34-24)27(4,5)36/h6-12,16,36H,13H2,1-5H3. The van der Waals surface area contributed by atoms with Crippen molar-refractivity contribution in [1.82, 2.24) is 9.97 Å². The number of aryl methyl sites for hydroxylation is 2. The van der Waals surface area contributed by atoms with E-state index >= 15 is 0 Å². The third-order valence-corrected chi connectivity index (χ3v) is 6.74. The van der Waals surface area contributed by atoms with Gasteiger partial charge in [0.1, 0.15) is 30.0 Å². The molecule has 37 heavy (non-hydrogen) atoms. The minimum Gasteiger partial charge on any atom is -0.472 e. The average Bonchev–Trinajstić information content (AvgIpc) is 2.82. The molecule has 0 fully saturated rings. The van der Waals surface area contributed by atoms with Gasteiger partial charge in [-0.1, -0.05) is 17.7 Å². The number of aliphatic imine (C=N–C) groups is 1. The number of nitrogens with zero attached hydrogens (tertiary/aromatic N) is 4. The first kappa shape index (κ1) is 27.2. The highest BCUT2D eigenvalue weighted by atomic mass is 79.9. The highest BCUT2D eigenvalue weighted by Crippen LogP contribution is 2.36. The quantitative estimate of drug-likeness (QED) is 0.348. The van der Waals surface area contributed by atoms with Crippen molar-refractivity contribution >= 4 is 39.1 Å². The van der Waals surface area contributed by atoms with E-state index < -0.39 is 23.4 Å². The summed E-state index contributed by atoms with van der Waals surface area (Å²) in [6.07, 6.45) is 3.07. The van der Waals surface area contributed by atoms with E-state index in [1.54, 1.807) is 39.2 Å². The van der Waals surface area contributed by atoms with E-state index in [1.807, 2.05) is 30.9 Å². The minimum absolute atomic E-state index is 0.103. The molecule has 1 atom stereocenters. The molecule has 0 saturated carbocycles. The van der Waals surface area contributed by atoms with Crippen LogP contribution >= 0.6 is 27.5 Å². The molecule has 10 heteroatoms. The summed E-state index contributed by atoms with van der Waals surface area (Å²) in [6, 6.07) is 7.81. The lowest BCUT2D eigenvalue weighted by atomic mass is 10.0. The van der Waals surface area contributed by atoms with Gasteiger partial charge in [-0.05, 0) is 79.9 Å². The molecule has 0 amide bonds. The Labute approximate surface area is 227 Å². The van der Waals surface area contributed by atoms with Gasteiger partial charge >= 0.3 is 0 Å². The molecule has 0 saturated heterocycles. The van der Waals surface area contributed by atoms with Crippen LogP contribution in [0.3, 0.4) is 0 Å². The molecule has 6 nitrogen and oxygen atoms in total. The van der Waals surface area contributed by atoms with E-state index in [9.17, 15) is 13.9 Å². The molecule has 1 N–H and O–H groups in total. The highest BCUT2D eigenvalue weighted by molar-refractivity contribution is 9.12. The molecule has 1 aromatic heterocycles. The summed E-state index contributed by atoms with van der Waals surface area (Å²) in [5, 5.41) is 10.9. The molecule has 1 unspecified atom stereocenters. The van der Waals surface area contributed by atoms with Gasteiger partial charge in [0.2, 0.25) is 5.90 Å². The van der Waals surface area contributed by atoms with Gasteiger partial charge < -0.3 is 14.7 Å². The lowest BCUT2D eigenvalue weighted by molar-refractivity contribution is 0.0688. The van der Waals surface area contributed by atoms with Crippen LogP contribution in [0, 0.1) is 25.5 Å². The fourth-order valence-electron chi connectivity index (χ4n) is 3.82. The molecule has 0 bridgehead atoms. The van der Waals surface area contributed by atoms with Gasteiger partial charge in [0.15, 0.2) is 5.82 Å². The first-order chi connectivity index (χ1) is 17.3. The predicted molar refractivity (Wildman–Crippen MR) is 145 cm³/mol. The molecule has 1 aliphatic heterocycles. The van der Waals surface area contributed by atoms with Crippen LogP contribution in [-0.2, 0) is 16.9 Å². The van der Waals surface area contributed by atoms with E-state index in [4.69, 9.17) is 16.3 Å². The van der Waals surface area contributed by atoms with Crippen LogP contribution in [0.15, 0.2) is 52.2 Å². The topological polar surface area (TPSA) is 70.8 Å². The van der Waals surface area contributed by atoms with Gasteiger partial charge in [0, 0.05) is 29.6 Å². The minimum atomic E-state index is -1.19. The van der Waals surface area contributed by atoms with Gasteiger partial charge in [-0.25, -0.2) is 23.7 Å². The molecule has 0 radical (unpaired) electrons. The van der Waals surface area contributed by atoms with Crippen molar-refractivity contribution in [3.63, 3.8) is 0 Å². The second-order valence-electron chi connectivity index (χ2n) is 9.38. The summed E-state index contributed by atoms with van der Waals surface area (Å²) >= 11 is 10.1. The molecule has 4 rings (SSSR count). The number of rotatable bonds is 5. The zero-order valence-corrected chi connectivity index (χ0v) is 23.3. The van der Waals surface area contributed by atoms with E-state index in [0.29, 0.717) is 38.2 Å². The van der Waals surface area contributed by atoms with Crippen LogP contribution in [0.25, 0.3) is 11.3 Å². The molecule has 3 aromatic rings. The molecule has 2 aromatic carbocycles. The summed E-state index contributed by atoms with van der Waals surface area (Å²) in [5.41, 5.74) is 2.40. The maximum absolute atomic E-state index is 14.2. The van der Waals surface area contributed by atoms with Crippen molar-refractivity contribution in [2.45, 2.75) is 53.0 Å². The summed E-state index contributed by atoms with van der Waals surface area (Å²) in [5.74, 6) is -0.670. The third kappa shape index (κ3) is 5.84. The van der Waals surface area contributed by atoms with Gasteiger partial charge in [-0.3, -0.25) is 0 Å². The number of aromatic nitrogens is 2. The van der Waals surface area contributed by atoms with Crippen LogP contribution in [0.2, 0.25) is 5.02 Å². The SMILES string of the molecule is Cc1cc(COC2=NC(C)N(c3cc(-c4nc(C(C)(C)O)ncc4C)ccc3Cl)C=C2Br)c(F)cc1F. The van der Waals surface area contributed by atoms with Gasteiger partial charge in [-0.15, -0.1) is 0 Å². The Balaban J connectivity index is 1.61. The third-order valence-electron chi connectivity index (χ3n) is 5.87. The zero-order valence-electron chi connectivity index (χ0n) is 21.0. The number of hydrogen-bond donors (Lipinski definition) is 1. The van der Waals surface area contributed by atoms with Crippen molar-refractivity contribution in [3.8, 4) is 11.3 Å². The Morgan fingerprint density at radius 3 is 2.57 bits per heavy atom. The van der Waals surface area contributed by atoms with E-state index in [0.717, 1.165) is 17.2 Å². The maximum atomic E-state index is 14.2. The Bertz CT molecular complexity index is 1420. The highest BCUT2D eigenvalue weighted by Gasteiger charge is 2.25. The van der Waals surface area contributed by atoms with E-state index in [-0.39, 0.29) is 12.2 Å². The van der Waals surface area contributed by atoms with E-state index in [1.165, 1.54) is 6.07 Å². The Kier molecular flexibility index (Phi) is 7.69. The number of anilines is 1. The lowest BCUT2D eigenvalue weighted by Crippen LogP contribution is -2.32. The van der Waals surface area contributed by atoms with Gasteiger partial charge in [0.25, 0.3) is 0 Å². The van der Waals surface area contributed by atoms with Crippen LogP contribution < -0.4 is 4.90 Å². The van der Waals surface area contributed by atoms with Crippen LogP contribution in [0.5, 0.6) is 0 Å². The Morgan fingerprint density at radius 2 is 1.86 bits per heavy atom. The van der Waals surface area contributed by atoms with Crippen molar-refractivity contribution in [3.05, 3.63) is 86.4 Å². The van der Waals surface area contributed by atoms with Crippen molar-refractivity contribution in [2.75, 3.05) is 4.90 Å². The molecule has 0 spiro atoms. The molecular formula is C27H26BrClF2N4O2. The Hall–Kier alpha value is -2.88. The second-order valence-corrected chi connectivity index (χ2v) is 10.6. The summed E-state index contributed by atoms with van der Waals surface area (Å²) < 4.78 is 34.0. The Morgan fingerprint density at radius 1 is 1.14 bits per heavy atom. The number of benzene rings is 2. The van der Waals surface area contributed by atoms with Crippen LogP contribution in [0.1, 0.15) is 43.3 Å². The predicted octanol–water partition coefficient (Wildman–Crippen LogP) is 6.94. The average molecular weight is 592 g/mol. The maximum Gasteiger partial charge on any atom is 0.227 e. The van der Waals surface area contributed by atoms with Crippen LogP contribution in [-0.4, -0.2) is 27.1 Å². The van der Waals surface area contributed by atoms with Crippen molar-refractivity contribution < 1.29 is 18.6 Å². The number of aliphatic hydroxyl groups is 1. The van der Waals surface area contributed by atoms with Crippen molar-refractivity contribution in [1.29, 1.82) is 0 Å².